The van der Waals surface area contributed by atoms with Gasteiger partial charge in [0, 0.05) is 19.1 Å². The Bertz CT molecular complexity index is 617. The molecule has 106 valence electrons. The van der Waals surface area contributed by atoms with Gasteiger partial charge in [0.15, 0.2) is 5.58 Å². The quantitative estimate of drug-likeness (QED) is 0.848. The van der Waals surface area contributed by atoms with E-state index >= 15 is 0 Å². The second kappa shape index (κ2) is 4.66. The highest BCUT2D eigenvalue weighted by Gasteiger charge is 2.31. The average Bonchev–Trinajstić information content (AvgIpc) is 3.18. The first-order chi connectivity index (χ1) is 9.81. The number of rotatable bonds is 2. The minimum atomic E-state index is 0.657. The Balaban J connectivity index is 1.56. The smallest absolute Gasteiger partial charge is 0.298 e. The Morgan fingerprint density at radius 2 is 2.05 bits per heavy atom. The molecule has 0 aliphatic carbocycles. The SMILES string of the molecule is Nc1cccc2oc(N3CCC(N4CCCC4)C3)nc12. The van der Waals surface area contributed by atoms with Crippen molar-refractivity contribution in [1.29, 1.82) is 0 Å². The molecule has 0 amide bonds. The monoisotopic (exact) mass is 272 g/mol. The van der Waals surface area contributed by atoms with Crippen molar-refractivity contribution in [2.24, 2.45) is 0 Å². The zero-order chi connectivity index (χ0) is 13.5. The van der Waals surface area contributed by atoms with Crippen molar-refractivity contribution in [2.45, 2.75) is 25.3 Å². The fourth-order valence-electron chi connectivity index (χ4n) is 3.41. The number of nitrogen functional groups attached to an aromatic ring is 1. The topological polar surface area (TPSA) is 58.5 Å². The maximum atomic E-state index is 5.95. The van der Waals surface area contributed by atoms with E-state index in [0.717, 1.165) is 30.2 Å². The molecule has 2 fully saturated rings. The molecule has 5 nitrogen and oxygen atoms in total. The number of hydrogen-bond acceptors (Lipinski definition) is 5. The molecule has 1 aromatic carbocycles. The molecule has 2 N–H and O–H groups in total. The van der Waals surface area contributed by atoms with E-state index in [1.807, 2.05) is 18.2 Å². The highest BCUT2D eigenvalue weighted by Crippen LogP contribution is 2.29. The van der Waals surface area contributed by atoms with Gasteiger partial charge in [-0.25, -0.2) is 0 Å². The van der Waals surface area contributed by atoms with Gasteiger partial charge < -0.3 is 15.1 Å². The number of aromatic nitrogens is 1. The lowest BCUT2D eigenvalue weighted by molar-refractivity contribution is 0.260. The Morgan fingerprint density at radius 3 is 2.85 bits per heavy atom. The Hall–Kier alpha value is -1.75. The molecule has 0 radical (unpaired) electrons. The number of para-hydroxylation sites is 1. The number of fused-ring (bicyclic) bond motifs is 1. The van der Waals surface area contributed by atoms with Crippen LogP contribution in [-0.4, -0.2) is 42.1 Å². The molecule has 3 heterocycles. The maximum absolute atomic E-state index is 5.95. The summed E-state index contributed by atoms with van der Waals surface area (Å²) in [6.07, 6.45) is 3.89. The van der Waals surface area contributed by atoms with E-state index in [-0.39, 0.29) is 0 Å². The Labute approximate surface area is 118 Å². The number of hydrogen-bond donors (Lipinski definition) is 1. The van der Waals surface area contributed by atoms with Crippen LogP contribution in [0.15, 0.2) is 22.6 Å². The Kier molecular flexibility index (Phi) is 2.80. The first kappa shape index (κ1) is 12.0. The summed E-state index contributed by atoms with van der Waals surface area (Å²) in [7, 11) is 0. The summed E-state index contributed by atoms with van der Waals surface area (Å²) in [5.41, 5.74) is 8.20. The summed E-state index contributed by atoms with van der Waals surface area (Å²) in [6, 6.07) is 7.08. The van der Waals surface area contributed by atoms with Crippen LogP contribution in [-0.2, 0) is 0 Å². The molecule has 20 heavy (non-hydrogen) atoms. The number of benzene rings is 1. The predicted molar refractivity (Wildman–Crippen MR) is 79.8 cm³/mol. The van der Waals surface area contributed by atoms with Crippen molar-refractivity contribution >= 4 is 22.8 Å². The second-order valence-electron chi connectivity index (χ2n) is 5.82. The Morgan fingerprint density at radius 1 is 1.20 bits per heavy atom. The van der Waals surface area contributed by atoms with E-state index in [4.69, 9.17) is 10.2 Å². The summed E-state index contributed by atoms with van der Waals surface area (Å²) in [5.74, 6) is 0. The second-order valence-corrected chi connectivity index (χ2v) is 5.82. The van der Waals surface area contributed by atoms with Gasteiger partial charge in [-0.3, -0.25) is 4.90 Å². The van der Waals surface area contributed by atoms with E-state index in [1.165, 1.54) is 32.4 Å². The molecular weight excluding hydrogens is 252 g/mol. The van der Waals surface area contributed by atoms with E-state index in [2.05, 4.69) is 14.8 Å². The number of likely N-dealkylation sites (tertiary alicyclic amines) is 1. The number of nitrogens with zero attached hydrogens (tertiary/aromatic N) is 3. The molecule has 2 aromatic rings. The van der Waals surface area contributed by atoms with Gasteiger partial charge in [-0.1, -0.05) is 6.07 Å². The van der Waals surface area contributed by atoms with Crippen LogP contribution in [0.2, 0.25) is 0 Å². The van der Waals surface area contributed by atoms with Crippen LogP contribution in [0.5, 0.6) is 0 Å². The standard InChI is InChI=1S/C15H20N4O/c16-12-4-3-5-13-14(12)17-15(20-13)19-9-6-11(10-19)18-7-1-2-8-18/h3-5,11H,1-2,6-10,16H2. The maximum Gasteiger partial charge on any atom is 0.298 e. The zero-order valence-corrected chi connectivity index (χ0v) is 11.6. The van der Waals surface area contributed by atoms with Crippen molar-refractivity contribution in [3.05, 3.63) is 18.2 Å². The van der Waals surface area contributed by atoms with Crippen LogP contribution < -0.4 is 10.6 Å². The summed E-state index contributed by atoms with van der Waals surface area (Å²) < 4.78 is 5.86. The molecule has 2 saturated heterocycles. The molecule has 1 unspecified atom stereocenters. The number of anilines is 2. The van der Waals surface area contributed by atoms with E-state index < -0.39 is 0 Å². The van der Waals surface area contributed by atoms with Gasteiger partial charge in [-0.15, -0.1) is 0 Å². The third-order valence-electron chi connectivity index (χ3n) is 4.53. The van der Waals surface area contributed by atoms with Crippen LogP contribution >= 0.6 is 0 Å². The van der Waals surface area contributed by atoms with Gasteiger partial charge in [-0.05, 0) is 44.5 Å². The molecule has 5 heteroatoms. The van der Waals surface area contributed by atoms with Crippen molar-refractivity contribution in [3.8, 4) is 0 Å². The van der Waals surface area contributed by atoms with Gasteiger partial charge in [0.1, 0.15) is 5.52 Å². The third-order valence-corrected chi connectivity index (χ3v) is 4.53. The van der Waals surface area contributed by atoms with Crippen molar-refractivity contribution < 1.29 is 4.42 Å². The molecule has 1 atom stereocenters. The molecule has 0 spiro atoms. The lowest BCUT2D eigenvalue weighted by atomic mass is 10.2. The van der Waals surface area contributed by atoms with Crippen LogP contribution in [0.4, 0.5) is 11.7 Å². The largest absolute Gasteiger partial charge is 0.423 e. The minimum absolute atomic E-state index is 0.657. The number of oxazole rings is 1. The summed E-state index contributed by atoms with van der Waals surface area (Å²) in [6.45, 7) is 4.54. The lowest BCUT2D eigenvalue weighted by Gasteiger charge is -2.22. The van der Waals surface area contributed by atoms with E-state index in [9.17, 15) is 0 Å². The fourth-order valence-corrected chi connectivity index (χ4v) is 3.41. The summed E-state index contributed by atoms with van der Waals surface area (Å²) >= 11 is 0. The van der Waals surface area contributed by atoms with Crippen LogP contribution in [0.25, 0.3) is 11.1 Å². The summed E-state index contributed by atoms with van der Waals surface area (Å²) in [5, 5.41) is 0. The molecule has 0 saturated carbocycles. The minimum Gasteiger partial charge on any atom is -0.423 e. The third kappa shape index (κ3) is 1.93. The lowest BCUT2D eigenvalue weighted by Crippen LogP contribution is -2.35. The first-order valence-electron chi connectivity index (χ1n) is 7.45. The van der Waals surface area contributed by atoms with Crippen molar-refractivity contribution in [1.82, 2.24) is 9.88 Å². The van der Waals surface area contributed by atoms with Gasteiger partial charge >= 0.3 is 0 Å². The van der Waals surface area contributed by atoms with Gasteiger partial charge in [0.25, 0.3) is 6.01 Å². The van der Waals surface area contributed by atoms with Gasteiger partial charge in [0.2, 0.25) is 0 Å². The normalized spacial score (nSPS) is 24.0. The van der Waals surface area contributed by atoms with E-state index in [1.54, 1.807) is 0 Å². The molecule has 4 rings (SSSR count). The first-order valence-corrected chi connectivity index (χ1v) is 7.45. The van der Waals surface area contributed by atoms with Crippen LogP contribution in [0, 0.1) is 0 Å². The molecule has 2 aliphatic rings. The summed E-state index contributed by atoms with van der Waals surface area (Å²) in [4.78, 5) is 9.43. The van der Waals surface area contributed by atoms with Crippen molar-refractivity contribution in [2.75, 3.05) is 36.8 Å². The van der Waals surface area contributed by atoms with Crippen molar-refractivity contribution in [3.63, 3.8) is 0 Å². The predicted octanol–water partition coefficient (Wildman–Crippen LogP) is 2.08. The molecule has 0 bridgehead atoms. The zero-order valence-electron chi connectivity index (χ0n) is 11.6. The van der Waals surface area contributed by atoms with Gasteiger partial charge in [0.05, 0.1) is 5.69 Å². The fraction of sp³-hybridized carbons (Fsp3) is 0.533. The molecule has 1 aromatic heterocycles. The highest BCUT2D eigenvalue weighted by atomic mass is 16.4. The van der Waals surface area contributed by atoms with E-state index in [0.29, 0.717) is 11.7 Å². The average molecular weight is 272 g/mol. The van der Waals surface area contributed by atoms with Crippen LogP contribution in [0.1, 0.15) is 19.3 Å². The van der Waals surface area contributed by atoms with Crippen LogP contribution in [0.3, 0.4) is 0 Å². The number of nitrogens with two attached hydrogens (primary N) is 1. The highest BCUT2D eigenvalue weighted by molar-refractivity contribution is 5.86. The van der Waals surface area contributed by atoms with Gasteiger partial charge in [-0.2, -0.15) is 4.98 Å². The molecular formula is C15H20N4O. The molecule has 2 aliphatic heterocycles.